The summed E-state index contributed by atoms with van der Waals surface area (Å²) in [6, 6.07) is 16.9. The first-order valence-corrected chi connectivity index (χ1v) is 8.18. The molecule has 7 heteroatoms. The van der Waals surface area contributed by atoms with Gasteiger partial charge in [-0.1, -0.05) is 42.5 Å². The minimum absolute atomic E-state index is 0. The highest BCUT2D eigenvalue weighted by molar-refractivity contribution is 5.86. The van der Waals surface area contributed by atoms with E-state index in [1.165, 1.54) is 0 Å². The lowest BCUT2D eigenvalue weighted by Gasteiger charge is -2.20. The Labute approximate surface area is 159 Å². The Hall–Kier alpha value is -2.57. The SMILES string of the molecule is CCOc1ccc(C(NC(=O)CNC(=O)CN)c2ccccc2)cc1.Cl. The number of nitrogens with one attached hydrogen (secondary N) is 2. The van der Waals surface area contributed by atoms with E-state index in [-0.39, 0.29) is 43.4 Å². The minimum Gasteiger partial charge on any atom is -0.494 e. The molecule has 0 bridgehead atoms. The van der Waals surface area contributed by atoms with Crippen LogP contribution < -0.4 is 21.1 Å². The van der Waals surface area contributed by atoms with Crippen molar-refractivity contribution in [2.24, 2.45) is 5.73 Å². The molecule has 0 saturated heterocycles. The van der Waals surface area contributed by atoms with Crippen LogP contribution >= 0.6 is 12.4 Å². The summed E-state index contributed by atoms with van der Waals surface area (Å²) in [6.07, 6.45) is 0. The summed E-state index contributed by atoms with van der Waals surface area (Å²) in [5, 5.41) is 5.42. The average molecular weight is 378 g/mol. The van der Waals surface area contributed by atoms with Crippen molar-refractivity contribution in [3.05, 3.63) is 65.7 Å². The molecule has 0 aliphatic carbocycles. The predicted octanol–water partition coefficient (Wildman–Crippen LogP) is 1.79. The van der Waals surface area contributed by atoms with Crippen molar-refractivity contribution in [1.82, 2.24) is 10.6 Å². The van der Waals surface area contributed by atoms with Crippen molar-refractivity contribution in [2.75, 3.05) is 19.7 Å². The van der Waals surface area contributed by atoms with Crippen LogP contribution in [0.2, 0.25) is 0 Å². The molecule has 0 spiro atoms. The smallest absolute Gasteiger partial charge is 0.240 e. The highest BCUT2D eigenvalue weighted by atomic mass is 35.5. The quantitative estimate of drug-likeness (QED) is 0.653. The van der Waals surface area contributed by atoms with Crippen molar-refractivity contribution >= 4 is 24.2 Å². The van der Waals surface area contributed by atoms with Crippen molar-refractivity contribution < 1.29 is 14.3 Å². The molecule has 0 radical (unpaired) electrons. The van der Waals surface area contributed by atoms with Crippen LogP contribution in [0.15, 0.2) is 54.6 Å². The molecule has 0 saturated carbocycles. The van der Waals surface area contributed by atoms with Gasteiger partial charge in [-0.15, -0.1) is 12.4 Å². The van der Waals surface area contributed by atoms with Crippen LogP contribution in [-0.2, 0) is 9.59 Å². The predicted molar refractivity (Wildman–Crippen MR) is 103 cm³/mol. The largest absolute Gasteiger partial charge is 0.494 e. The number of hydrogen-bond donors (Lipinski definition) is 3. The molecule has 0 aliphatic heterocycles. The first-order chi connectivity index (χ1) is 12.1. The zero-order valence-corrected chi connectivity index (χ0v) is 15.4. The molecule has 6 nitrogen and oxygen atoms in total. The fourth-order valence-corrected chi connectivity index (χ4v) is 2.39. The molecule has 26 heavy (non-hydrogen) atoms. The number of nitrogens with two attached hydrogens (primary N) is 1. The number of hydrogen-bond acceptors (Lipinski definition) is 4. The average Bonchev–Trinajstić information content (AvgIpc) is 2.66. The zero-order valence-electron chi connectivity index (χ0n) is 14.6. The Kier molecular flexibility index (Phi) is 9.19. The monoisotopic (exact) mass is 377 g/mol. The third-order valence-electron chi connectivity index (χ3n) is 3.59. The summed E-state index contributed by atoms with van der Waals surface area (Å²) in [7, 11) is 0. The molecule has 0 fully saturated rings. The molecular weight excluding hydrogens is 354 g/mol. The summed E-state index contributed by atoms with van der Waals surface area (Å²) in [6.45, 7) is 2.26. The highest BCUT2D eigenvalue weighted by Gasteiger charge is 2.17. The van der Waals surface area contributed by atoms with Gasteiger partial charge >= 0.3 is 0 Å². The number of ether oxygens (including phenoxy) is 1. The number of benzene rings is 2. The fraction of sp³-hybridized carbons (Fsp3) is 0.263. The zero-order chi connectivity index (χ0) is 18.1. The lowest BCUT2D eigenvalue weighted by Crippen LogP contribution is -2.40. The fourth-order valence-electron chi connectivity index (χ4n) is 2.39. The summed E-state index contributed by atoms with van der Waals surface area (Å²) >= 11 is 0. The van der Waals surface area contributed by atoms with Gasteiger partial charge in [0.15, 0.2) is 0 Å². The summed E-state index contributed by atoms with van der Waals surface area (Å²) in [5.74, 6) is 0.122. The van der Waals surface area contributed by atoms with Crippen LogP contribution in [0, 0.1) is 0 Å². The lowest BCUT2D eigenvalue weighted by molar-refractivity contribution is -0.125. The van der Waals surface area contributed by atoms with Crippen molar-refractivity contribution in [3.63, 3.8) is 0 Å². The molecule has 1 unspecified atom stereocenters. The van der Waals surface area contributed by atoms with Gasteiger partial charge in [0.05, 0.1) is 25.7 Å². The number of carbonyl (C=O) groups excluding carboxylic acids is 2. The van der Waals surface area contributed by atoms with Crippen LogP contribution in [-0.4, -0.2) is 31.5 Å². The van der Waals surface area contributed by atoms with Gasteiger partial charge < -0.3 is 21.1 Å². The van der Waals surface area contributed by atoms with E-state index in [1.807, 2.05) is 61.5 Å². The maximum Gasteiger partial charge on any atom is 0.240 e. The number of carbonyl (C=O) groups is 2. The first kappa shape index (κ1) is 21.5. The number of rotatable bonds is 8. The molecule has 2 aromatic carbocycles. The molecule has 0 aromatic heterocycles. The third kappa shape index (κ3) is 6.38. The van der Waals surface area contributed by atoms with Crippen LogP contribution in [0.3, 0.4) is 0 Å². The molecule has 2 aromatic rings. The molecule has 4 N–H and O–H groups in total. The second-order valence-corrected chi connectivity index (χ2v) is 5.39. The van der Waals surface area contributed by atoms with Gasteiger partial charge in [-0.05, 0) is 30.2 Å². The first-order valence-electron chi connectivity index (χ1n) is 8.18. The van der Waals surface area contributed by atoms with Crippen molar-refractivity contribution in [2.45, 2.75) is 13.0 Å². The molecular formula is C19H24ClN3O3. The summed E-state index contributed by atoms with van der Waals surface area (Å²) in [5.41, 5.74) is 7.10. The van der Waals surface area contributed by atoms with Crippen molar-refractivity contribution in [3.8, 4) is 5.75 Å². The van der Waals surface area contributed by atoms with E-state index in [1.54, 1.807) is 0 Å². The number of halogens is 1. The lowest BCUT2D eigenvalue weighted by atomic mass is 9.98. The van der Waals surface area contributed by atoms with Gasteiger partial charge in [-0.3, -0.25) is 9.59 Å². The minimum atomic E-state index is -0.368. The van der Waals surface area contributed by atoms with E-state index < -0.39 is 0 Å². The van der Waals surface area contributed by atoms with Gasteiger partial charge in [0.1, 0.15) is 5.75 Å². The van der Waals surface area contributed by atoms with Crippen LogP contribution in [0.4, 0.5) is 0 Å². The van der Waals surface area contributed by atoms with Crippen LogP contribution in [0.1, 0.15) is 24.1 Å². The second-order valence-electron chi connectivity index (χ2n) is 5.39. The van der Waals surface area contributed by atoms with Gasteiger partial charge in [0.25, 0.3) is 0 Å². The van der Waals surface area contributed by atoms with E-state index in [0.717, 1.165) is 16.9 Å². The maximum atomic E-state index is 12.2. The van der Waals surface area contributed by atoms with E-state index in [4.69, 9.17) is 10.5 Å². The molecule has 2 amide bonds. The summed E-state index contributed by atoms with van der Waals surface area (Å²) in [4.78, 5) is 23.4. The second kappa shape index (κ2) is 11.1. The topological polar surface area (TPSA) is 93.5 Å². The molecule has 1 atom stereocenters. The Morgan fingerprint density at radius 1 is 1.00 bits per heavy atom. The molecule has 0 heterocycles. The normalized spacial score (nSPS) is 11.0. The van der Waals surface area contributed by atoms with Crippen LogP contribution in [0.5, 0.6) is 5.75 Å². The molecule has 0 aliphatic rings. The maximum absolute atomic E-state index is 12.2. The standard InChI is InChI=1S/C19H23N3O3.ClH/c1-2-25-16-10-8-15(9-11-16)19(14-6-4-3-5-7-14)22-18(24)13-21-17(23)12-20;/h3-11,19H,2,12-13,20H2,1H3,(H,21,23)(H,22,24);1H. The van der Waals surface area contributed by atoms with E-state index >= 15 is 0 Å². The molecule has 140 valence electrons. The van der Waals surface area contributed by atoms with Gasteiger partial charge in [0, 0.05) is 0 Å². The highest BCUT2D eigenvalue weighted by Crippen LogP contribution is 2.24. The van der Waals surface area contributed by atoms with E-state index in [2.05, 4.69) is 10.6 Å². The van der Waals surface area contributed by atoms with E-state index in [9.17, 15) is 9.59 Å². The Morgan fingerprint density at radius 3 is 2.19 bits per heavy atom. The Bertz CT molecular complexity index is 693. The Balaban J connectivity index is 0.00000338. The van der Waals surface area contributed by atoms with Crippen molar-refractivity contribution in [1.29, 1.82) is 0 Å². The van der Waals surface area contributed by atoms with Gasteiger partial charge in [-0.25, -0.2) is 0 Å². The third-order valence-corrected chi connectivity index (χ3v) is 3.59. The Morgan fingerprint density at radius 2 is 1.62 bits per heavy atom. The number of amides is 2. The van der Waals surface area contributed by atoms with Gasteiger partial charge in [-0.2, -0.15) is 0 Å². The molecule has 2 rings (SSSR count). The van der Waals surface area contributed by atoms with Crippen LogP contribution in [0.25, 0.3) is 0 Å². The van der Waals surface area contributed by atoms with Gasteiger partial charge in [0.2, 0.25) is 11.8 Å². The summed E-state index contributed by atoms with van der Waals surface area (Å²) < 4.78 is 5.46. The van der Waals surface area contributed by atoms with E-state index in [0.29, 0.717) is 6.61 Å².